The fourth-order valence-corrected chi connectivity index (χ4v) is 4.28. The molecule has 0 radical (unpaired) electrons. The Labute approximate surface area is 207 Å². The van der Waals surface area contributed by atoms with Crippen LogP contribution in [0.1, 0.15) is 37.0 Å². The van der Waals surface area contributed by atoms with Gasteiger partial charge in [0.1, 0.15) is 11.7 Å². The van der Waals surface area contributed by atoms with Crippen LogP contribution < -0.4 is 21.9 Å². The van der Waals surface area contributed by atoms with E-state index in [1.54, 1.807) is 0 Å². The number of β-lactam (4-membered cyclic amide) rings is 1. The number of oxime groups is 1. The Morgan fingerprint density at radius 1 is 1.33 bits per heavy atom. The molecule has 194 valence electrons. The molecule has 2 aromatic rings. The number of aromatic nitrogens is 1. The molecule has 16 nitrogen and oxygen atoms in total. The maximum atomic E-state index is 12.9. The number of nitrogen functional groups attached to an aromatic ring is 1. The third-order valence-corrected chi connectivity index (χ3v) is 6.48. The molecule has 1 saturated heterocycles. The monoisotopic (exact) mass is 543 g/mol. The normalized spacial score (nSPS) is 18.3. The summed E-state index contributed by atoms with van der Waals surface area (Å²) in [5, 5.41) is 7.44. The molecule has 1 aliphatic rings. The fourth-order valence-electron chi connectivity index (χ4n) is 2.85. The van der Waals surface area contributed by atoms with Crippen molar-refractivity contribution in [3.63, 3.8) is 0 Å². The number of furan rings is 1. The van der Waals surface area contributed by atoms with Gasteiger partial charge in [0.2, 0.25) is 5.60 Å². The smallest absolute Gasteiger partial charge is 0.362 e. The molecule has 3 heterocycles. The summed E-state index contributed by atoms with van der Waals surface area (Å²) >= 11 is 0.970. The summed E-state index contributed by atoms with van der Waals surface area (Å²) in [6.45, 7) is 3.87. The molecule has 4 amide bonds. The highest BCUT2D eigenvalue weighted by Crippen LogP contribution is 2.23. The molecule has 2 atom stereocenters. The van der Waals surface area contributed by atoms with Gasteiger partial charge in [0.05, 0.1) is 12.3 Å². The fraction of sp³-hybridized carbons (Fsp3) is 0.333. The third kappa shape index (κ3) is 5.61. The number of hydrazine groups is 1. The molecule has 18 heteroatoms. The minimum absolute atomic E-state index is 0.0524. The second-order valence-electron chi connectivity index (χ2n) is 7.80. The molecule has 36 heavy (non-hydrogen) atoms. The van der Waals surface area contributed by atoms with E-state index in [1.165, 1.54) is 44.5 Å². The third-order valence-electron chi connectivity index (χ3n) is 4.80. The maximum Gasteiger partial charge on any atom is 0.362 e. The van der Waals surface area contributed by atoms with Crippen LogP contribution in [0.25, 0.3) is 0 Å². The van der Waals surface area contributed by atoms with Gasteiger partial charge in [-0.1, -0.05) is 5.16 Å². The Bertz CT molecular complexity index is 1320. The topological polar surface area (TPSA) is 236 Å². The minimum atomic E-state index is -4.80. The van der Waals surface area contributed by atoms with E-state index in [1.807, 2.05) is 0 Å². The molecule has 0 aromatic carbocycles. The van der Waals surface area contributed by atoms with Gasteiger partial charge in [-0.2, -0.15) is 8.42 Å². The number of amides is 4. The lowest BCUT2D eigenvalue weighted by Crippen LogP contribution is -2.71. The number of hydrogen-bond acceptors (Lipinski definition) is 12. The quantitative estimate of drug-likeness (QED) is 0.115. The molecule has 1 aliphatic heterocycles. The molecular formula is C18H21N7O9S2. The number of carbonyl (C=O) groups excluding carboxylic acids is 4. The van der Waals surface area contributed by atoms with Gasteiger partial charge in [-0.3, -0.25) is 34.6 Å². The van der Waals surface area contributed by atoms with Gasteiger partial charge in [-0.25, -0.2) is 9.29 Å². The van der Waals surface area contributed by atoms with Crippen LogP contribution in [0.15, 0.2) is 33.3 Å². The molecule has 6 N–H and O–H groups in total. The summed E-state index contributed by atoms with van der Waals surface area (Å²) in [6.07, 6.45) is 1.27. The number of nitrogens with one attached hydrogen (secondary N) is 3. The van der Waals surface area contributed by atoms with Gasteiger partial charge < -0.3 is 20.3 Å². The number of thiazole rings is 1. The highest BCUT2D eigenvalue weighted by atomic mass is 32.2. The average Bonchev–Trinajstić information content (AvgIpc) is 3.47. The zero-order valence-electron chi connectivity index (χ0n) is 18.9. The van der Waals surface area contributed by atoms with Crippen molar-refractivity contribution in [2.45, 2.75) is 38.5 Å². The first-order valence-corrected chi connectivity index (χ1v) is 12.2. The van der Waals surface area contributed by atoms with E-state index in [0.717, 1.165) is 11.3 Å². The minimum Gasteiger partial charge on any atom is -0.459 e. The molecule has 0 bridgehead atoms. The van der Waals surface area contributed by atoms with Crippen molar-refractivity contribution in [3.8, 4) is 0 Å². The van der Waals surface area contributed by atoms with E-state index >= 15 is 0 Å². The van der Waals surface area contributed by atoms with E-state index in [4.69, 9.17) is 19.5 Å². The Balaban J connectivity index is 1.73. The summed E-state index contributed by atoms with van der Waals surface area (Å²) < 4.78 is 36.8. The predicted octanol–water partition coefficient (Wildman–Crippen LogP) is -1.20. The Kier molecular flexibility index (Phi) is 7.32. The van der Waals surface area contributed by atoms with E-state index < -0.39 is 57.3 Å². The van der Waals surface area contributed by atoms with Crippen LogP contribution in [0.5, 0.6) is 0 Å². The number of nitrogens with zero attached hydrogens (tertiary/aromatic N) is 3. The second kappa shape index (κ2) is 9.91. The van der Waals surface area contributed by atoms with Crippen LogP contribution in [0.4, 0.5) is 5.13 Å². The summed E-state index contributed by atoms with van der Waals surface area (Å²) in [5.41, 5.74) is 7.61. The molecule has 0 spiro atoms. The van der Waals surface area contributed by atoms with Crippen LogP contribution >= 0.6 is 11.3 Å². The van der Waals surface area contributed by atoms with Gasteiger partial charge in [0.15, 0.2) is 16.6 Å². The Hall–Kier alpha value is -4.03. The molecule has 2 aromatic heterocycles. The molecule has 0 unspecified atom stereocenters. The van der Waals surface area contributed by atoms with Crippen LogP contribution in [0.2, 0.25) is 0 Å². The Morgan fingerprint density at radius 2 is 2.03 bits per heavy atom. The van der Waals surface area contributed by atoms with Gasteiger partial charge >= 0.3 is 16.2 Å². The second-order valence-corrected chi connectivity index (χ2v) is 9.98. The predicted molar refractivity (Wildman–Crippen MR) is 122 cm³/mol. The number of nitrogens with two attached hydrogens (primary N) is 1. The highest BCUT2D eigenvalue weighted by molar-refractivity contribution is 7.84. The summed E-state index contributed by atoms with van der Waals surface area (Å²) in [7, 11) is -4.80. The highest BCUT2D eigenvalue weighted by Gasteiger charge is 2.51. The number of anilines is 1. The van der Waals surface area contributed by atoms with Crippen molar-refractivity contribution in [3.05, 3.63) is 35.2 Å². The first kappa shape index (κ1) is 26.6. The van der Waals surface area contributed by atoms with Crippen LogP contribution in [0, 0.1) is 0 Å². The molecule has 0 saturated carbocycles. The van der Waals surface area contributed by atoms with Crippen molar-refractivity contribution >= 4 is 56.1 Å². The summed E-state index contributed by atoms with van der Waals surface area (Å²) in [5.74, 6) is -3.70. The Morgan fingerprint density at radius 3 is 2.56 bits per heavy atom. The van der Waals surface area contributed by atoms with Crippen molar-refractivity contribution in [1.29, 1.82) is 0 Å². The number of hydrogen-bond donors (Lipinski definition) is 5. The summed E-state index contributed by atoms with van der Waals surface area (Å²) in [4.78, 5) is 58.6. The lowest BCUT2D eigenvalue weighted by Gasteiger charge is -2.42. The van der Waals surface area contributed by atoms with Gasteiger partial charge in [0, 0.05) is 5.38 Å². The first-order chi connectivity index (χ1) is 16.7. The van der Waals surface area contributed by atoms with Crippen LogP contribution in [-0.4, -0.2) is 69.3 Å². The molecular weight excluding hydrogens is 522 g/mol. The number of carbonyl (C=O) groups is 4. The van der Waals surface area contributed by atoms with E-state index in [2.05, 4.69) is 26.3 Å². The van der Waals surface area contributed by atoms with Crippen molar-refractivity contribution in [1.82, 2.24) is 25.5 Å². The molecule has 1 fully saturated rings. The van der Waals surface area contributed by atoms with E-state index in [9.17, 15) is 27.6 Å². The SMILES string of the molecule is C[C@H]1[C@H](NC(=O)/C(=N\OC(C)(C)C(=O)NNC(=O)c2ccco2)c2csc(N)n2)C(=O)N1S(=O)(=O)O. The first-order valence-electron chi connectivity index (χ1n) is 9.95. The van der Waals surface area contributed by atoms with Crippen molar-refractivity contribution in [2.24, 2.45) is 5.16 Å². The van der Waals surface area contributed by atoms with E-state index in [-0.39, 0.29) is 20.9 Å². The largest absolute Gasteiger partial charge is 0.459 e. The zero-order valence-corrected chi connectivity index (χ0v) is 20.5. The lowest BCUT2D eigenvalue weighted by molar-refractivity contribution is -0.144. The van der Waals surface area contributed by atoms with Crippen LogP contribution in [-0.2, 0) is 29.5 Å². The van der Waals surface area contributed by atoms with Crippen molar-refractivity contribution in [2.75, 3.05) is 5.73 Å². The molecule has 3 rings (SSSR count). The molecule has 0 aliphatic carbocycles. The van der Waals surface area contributed by atoms with Crippen LogP contribution in [0.3, 0.4) is 0 Å². The standard InChI is InChI=1S/C18H21N7O9S2/c1-8-11(15(28)25(8)36(30,31)32)21-14(27)12(9-7-35-17(19)20-9)24-34-18(2,3)16(29)23-22-13(26)10-5-4-6-33-10/h4-8,11H,1-3H3,(H2,19,20)(H,21,27)(H,22,26)(H,23,29)(H,30,31,32)/b24-12-/t8-,11-/m0/s1. The average molecular weight is 544 g/mol. The van der Waals surface area contributed by atoms with Crippen molar-refractivity contribution < 1.29 is 41.4 Å². The zero-order chi connectivity index (χ0) is 26.8. The van der Waals surface area contributed by atoms with Gasteiger partial charge in [-0.05, 0) is 32.9 Å². The van der Waals surface area contributed by atoms with E-state index in [0.29, 0.717) is 0 Å². The van der Waals surface area contributed by atoms with Gasteiger partial charge in [-0.15, -0.1) is 11.3 Å². The number of rotatable bonds is 8. The maximum absolute atomic E-state index is 12.9. The summed E-state index contributed by atoms with van der Waals surface area (Å²) in [6, 6.07) is 0.475. The lowest BCUT2D eigenvalue weighted by atomic mass is 10.0. The van der Waals surface area contributed by atoms with Gasteiger partial charge in [0.25, 0.3) is 17.7 Å².